The summed E-state index contributed by atoms with van der Waals surface area (Å²) in [5.74, 6) is 0. The number of rotatable bonds is 4. The van der Waals surface area contributed by atoms with Gasteiger partial charge in [0, 0.05) is 17.5 Å². The summed E-state index contributed by atoms with van der Waals surface area (Å²) in [7, 11) is 0. The summed E-state index contributed by atoms with van der Waals surface area (Å²) in [6.07, 6.45) is 6.75. The molecule has 3 heteroatoms. The normalized spacial score (nSPS) is 18.9. The van der Waals surface area contributed by atoms with Gasteiger partial charge >= 0.3 is 0 Å². The molecule has 1 atom stereocenters. The molecule has 76 valence electrons. The molecule has 3 N–H and O–H groups in total. The van der Waals surface area contributed by atoms with Crippen molar-refractivity contribution >= 4 is 11.3 Å². The van der Waals surface area contributed by atoms with Gasteiger partial charge in [-0.15, -0.1) is 11.3 Å². The van der Waals surface area contributed by atoms with E-state index >= 15 is 0 Å². The zero-order valence-electron chi connectivity index (χ0n) is 8.15. The molecule has 2 nitrogen and oxygen atoms in total. The summed E-state index contributed by atoms with van der Waals surface area (Å²) >= 11 is 1.78. The molecule has 0 saturated heterocycles. The van der Waals surface area contributed by atoms with E-state index in [0.717, 1.165) is 12.8 Å². The van der Waals surface area contributed by atoms with Crippen molar-refractivity contribution < 1.29 is 0 Å². The second kappa shape index (κ2) is 4.73. The first-order valence-corrected chi connectivity index (χ1v) is 5.92. The van der Waals surface area contributed by atoms with Crippen molar-refractivity contribution in [3.63, 3.8) is 0 Å². The Morgan fingerprint density at radius 1 is 1.50 bits per heavy atom. The fourth-order valence-corrected chi connectivity index (χ4v) is 2.59. The summed E-state index contributed by atoms with van der Waals surface area (Å²) in [6, 6.07) is 5.15. The number of nitrogens with two attached hydrogens (primary N) is 1. The number of hydrogen-bond acceptors (Lipinski definition) is 3. The predicted octanol–water partition coefficient (Wildman–Crippen LogP) is 2.06. The Bertz CT molecular complexity index is 284. The lowest BCUT2D eigenvalue weighted by Gasteiger charge is -2.20. The fraction of sp³-hybridized carbons (Fsp3) is 0.455. The van der Waals surface area contributed by atoms with Crippen molar-refractivity contribution in [1.29, 1.82) is 0 Å². The van der Waals surface area contributed by atoms with Crippen molar-refractivity contribution in [1.82, 2.24) is 5.32 Å². The summed E-state index contributed by atoms with van der Waals surface area (Å²) in [4.78, 5) is 1.35. The van der Waals surface area contributed by atoms with E-state index in [4.69, 9.17) is 5.73 Å². The Balaban J connectivity index is 1.93. The van der Waals surface area contributed by atoms with Crippen molar-refractivity contribution in [2.24, 2.45) is 5.73 Å². The molecule has 1 aliphatic carbocycles. The Morgan fingerprint density at radius 3 is 2.86 bits per heavy atom. The second-order valence-electron chi connectivity index (χ2n) is 3.61. The monoisotopic (exact) mass is 208 g/mol. The van der Waals surface area contributed by atoms with Crippen LogP contribution in [-0.4, -0.2) is 12.6 Å². The van der Waals surface area contributed by atoms with Crippen LogP contribution in [0.3, 0.4) is 0 Å². The Hall–Kier alpha value is -0.640. The van der Waals surface area contributed by atoms with Gasteiger partial charge < -0.3 is 11.1 Å². The molecule has 14 heavy (non-hydrogen) atoms. The van der Waals surface area contributed by atoms with Crippen LogP contribution in [0.4, 0.5) is 0 Å². The minimum absolute atomic E-state index is 0.333. The van der Waals surface area contributed by atoms with E-state index in [1.165, 1.54) is 4.88 Å². The SMILES string of the molecule is NCC(NC1CC=CC1)c1cccs1. The molecule has 1 heterocycles. The van der Waals surface area contributed by atoms with Crippen molar-refractivity contribution in [2.45, 2.75) is 24.9 Å². The minimum atomic E-state index is 0.333. The molecular formula is C11H16N2S. The maximum atomic E-state index is 5.77. The van der Waals surface area contributed by atoms with Crippen LogP contribution in [0.15, 0.2) is 29.7 Å². The van der Waals surface area contributed by atoms with Gasteiger partial charge in [0.2, 0.25) is 0 Å². The molecule has 1 aromatic rings. The van der Waals surface area contributed by atoms with E-state index in [-0.39, 0.29) is 0 Å². The van der Waals surface area contributed by atoms with Crippen LogP contribution in [0.1, 0.15) is 23.8 Å². The van der Waals surface area contributed by atoms with E-state index < -0.39 is 0 Å². The number of nitrogens with one attached hydrogen (secondary N) is 1. The maximum Gasteiger partial charge on any atom is 0.0541 e. The highest BCUT2D eigenvalue weighted by molar-refractivity contribution is 7.10. The standard InChI is InChI=1S/C11H16N2S/c12-8-10(11-6-3-7-14-11)13-9-4-1-2-5-9/h1-3,6-7,9-10,13H,4-5,8,12H2. The van der Waals surface area contributed by atoms with E-state index in [1.807, 2.05) is 0 Å². The zero-order valence-corrected chi connectivity index (χ0v) is 8.96. The summed E-state index contributed by atoms with van der Waals surface area (Å²) < 4.78 is 0. The molecule has 1 unspecified atom stereocenters. The third-order valence-corrected chi connectivity index (χ3v) is 3.55. The predicted molar refractivity (Wildman–Crippen MR) is 61.4 cm³/mol. The van der Waals surface area contributed by atoms with Gasteiger partial charge in [-0.2, -0.15) is 0 Å². The third kappa shape index (κ3) is 2.23. The highest BCUT2D eigenvalue weighted by atomic mass is 32.1. The van der Waals surface area contributed by atoms with Gasteiger partial charge in [0.25, 0.3) is 0 Å². The van der Waals surface area contributed by atoms with Crippen LogP contribution in [0.5, 0.6) is 0 Å². The zero-order chi connectivity index (χ0) is 9.80. The lowest BCUT2D eigenvalue weighted by Crippen LogP contribution is -2.34. The van der Waals surface area contributed by atoms with Crippen LogP contribution in [0.25, 0.3) is 0 Å². The average Bonchev–Trinajstić information content (AvgIpc) is 2.86. The van der Waals surface area contributed by atoms with Gasteiger partial charge in [0.15, 0.2) is 0 Å². The molecule has 0 fully saturated rings. The fourth-order valence-electron chi connectivity index (χ4n) is 1.79. The van der Waals surface area contributed by atoms with Gasteiger partial charge in [-0.05, 0) is 24.3 Å². The molecule has 0 amide bonds. The van der Waals surface area contributed by atoms with Gasteiger partial charge in [-0.1, -0.05) is 18.2 Å². The molecule has 0 bridgehead atoms. The third-order valence-electron chi connectivity index (χ3n) is 2.57. The van der Waals surface area contributed by atoms with E-state index in [2.05, 4.69) is 35.0 Å². The summed E-state index contributed by atoms with van der Waals surface area (Å²) in [5.41, 5.74) is 5.77. The van der Waals surface area contributed by atoms with E-state index in [0.29, 0.717) is 18.6 Å². The largest absolute Gasteiger partial charge is 0.329 e. The number of thiophene rings is 1. The second-order valence-corrected chi connectivity index (χ2v) is 4.59. The molecule has 0 saturated carbocycles. The number of hydrogen-bond donors (Lipinski definition) is 2. The van der Waals surface area contributed by atoms with Crippen molar-refractivity contribution in [3.8, 4) is 0 Å². The van der Waals surface area contributed by atoms with E-state index in [9.17, 15) is 0 Å². The van der Waals surface area contributed by atoms with E-state index in [1.54, 1.807) is 11.3 Å². The molecular weight excluding hydrogens is 192 g/mol. The molecule has 0 radical (unpaired) electrons. The smallest absolute Gasteiger partial charge is 0.0541 e. The van der Waals surface area contributed by atoms with Crippen molar-refractivity contribution in [3.05, 3.63) is 34.5 Å². The van der Waals surface area contributed by atoms with Crippen LogP contribution in [-0.2, 0) is 0 Å². The van der Waals surface area contributed by atoms with Crippen LogP contribution in [0.2, 0.25) is 0 Å². The highest BCUT2D eigenvalue weighted by Gasteiger charge is 2.16. The first-order chi connectivity index (χ1) is 6.90. The van der Waals surface area contributed by atoms with Gasteiger partial charge in [0.1, 0.15) is 0 Å². The molecule has 1 aromatic heterocycles. The van der Waals surface area contributed by atoms with Crippen LogP contribution in [0, 0.1) is 0 Å². The molecule has 0 aliphatic heterocycles. The van der Waals surface area contributed by atoms with Gasteiger partial charge in [0.05, 0.1) is 6.04 Å². The Kier molecular flexibility index (Phi) is 3.35. The first kappa shape index (κ1) is 9.90. The summed E-state index contributed by atoms with van der Waals surface area (Å²) in [5, 5.41) is 5.69. The Morgan fingerprint density at radius 2 is 2.29 bits per heavy atom. The summed E-state index contributed by atoms with van der Waals surface area (Å²) in [6.45, 7) is 0.678. The first-order valence-electron chi connectivity index (χ1n) is 5.04. The van der Waals surface area contributed by atoms with Gasteiger partial charge in [-0.25, -0.2) is 0 Å². The van der Waals surface area contributed by atoms with Crippen LogP contribution >= 0.6 is 11.3 Å². The Labute approximate surface area is 88.8 Å². The topological polar surface area (TPSA) is 38.0 Å². The lowest BCUT2D eigenvalue weighted by molar-refractivity contribution is 0.458. The average molecular weight is 208 g/mol. The minimum Gasteiger partial charge on any atom is -0.329 e. The molecule has 0 spiro atoms. The molecule has 2 rings (SSSR count). The molecule has 0 aromatic carbocycles. The lowest BCUT2D eigenvalue weighted by atomic mass is 10.1. The molecule has 1 aliphatic rings. The van der Waals surface area contributed by atoms with Crippen LogP contribution < -0.4 is 11.1 Å². The quantitative estimate of drug-likeness (QED) is 0.743. The maximum absolute atomic E-state index is 5.77. The van der Waals surface area contributed by atoms with Gasteiger partial charge in [-0.3, -0.25) is 0 Å². The van der Waals surface area contributed by atoms with Crippen molar-refractivity contribution in [2.75, 3.05) is 6.54 Å². The highest BCUT2D eigenvalue weighted by Crippen LogP contribution is 2.21.